The molecule has 1 atom stereocenters. The highest BCUT2D eigenvalue weighted by molar-refractivity contribution is 5.96. The summed E-state index contributed by atoms with van der Waals surface area (Å²) < 4.78 is 6.28. The third kappa shape index (κ3) is 5.05. The lowest BCUT2D eigenvalue weighted by Crippen LogP contribution is -2.34. The summed E-state index contributed by atoms with van der Waals surface area (Å²) >= 11 is 0. The number of hydrogen-bond acceptors (Lipinski definition) is 5. The van der Waals surface area contributed by atoms with E-state index in [9.17, 15) is 9.59 Å². The summed E-state index contributed by atoms with van der Waals surface area (Å²) in [7, 11) is 7.04. The maximum absolute atomic E-state index is 12.4. The number of methoxy groups -OCH3 is 1. The van der Waals surface area contributed by atoms with E-state index in [0.29, 0.717) is 17.8 Å². The molecule has 1 aromatic heterocycles. The van der Waals surface area contributed by atoms with Crippen molar-refractivity contribution >= 4 is 17.7 Å². The lowest BCUT2D eigenvalue weighted by molar-refractivity contribution is 0.0942. The number of carbonyl (C=O) groups excluding carboxylic acids is 2. The van der Waals surface area contributed by atoms with Gasteiger partial charge in [-0.25, -0.2) is 4.79 Å². The molecule has 0 radical (unpaired) electrons. The lowest BCUT2D eigenvalue weighted by atomic mass is 10.1. The second kappa shape index (κ2) is 8.29. The predicted molar refractivity (Wildman–Crippen MR) is 94.4 cm³/mol. The van der Waals surface area contributed by atoms with Crippen LogP contribution in [0, 0.1) is 0 Å². The molecule has 8 nitrogen and oxygen atoms in total. The monoisotopic (exact) mass is 345 g/mol. The van der Waals surface area contributed by atoms with Crippen LogP contribution in [0.4, 0.5) is 10.5 Å². The van der Waals surface area contributed by atoms with Crippen molar-refractivity contribution in [3.8, 4) is 0 Å². The number of carbonyl (C=O) groups is 2. The standard InChI is InChI=1S/C17H23N5O3/c1-21(2)15(13-9-19-22(3)11-13)10-18-16(23)12-6-5-7-14(8-12)20-17(24)25-4/h5-9,11,15H,10H2,1-4H3,(H,18,23)(H,20,24)/t15-/m0/s1. The largest absolute Gasteiger partial charge is 0.453 e. The molecule has 0 spiro atoms. The molecule has 2 N–H and O–H groups in total. The van der Waals surface area contributed by atoms with Crippen molar-refractivity contribution in [3.05, 3.63) is 47.8 Å². The van der Waals surface area contributed by atoms with Gasteiger partial charge in [0.05, 0.1) is 19.3 Å². The Morgan fingerprint density at radius 1 is 1.36 bits per heavy atom. The van der Waals surface area contributed by atoms with Crippen LogP contribution in [0.5, 0.6) is 0 Å². The number of likely N-dealkylation sites (N-methyl/N-ethyl adjacent to an activating group) is 1. The highest BCUT2D eigenvalue weighted by atomic mass is 16.5. The van der Waals surface area contributed by atoms with Gasteiger partial charge in [-0.15, -0.1) is 0 Å². The molecule has 0 saturated heterocycles. The zero-order valence-corrected chi connectivity index (χ0v) is 14.8. The van der Waals surface area contributed by atoms with Gasteiger partial charge in [0.15, 0.2) is 0 Å². The summed E-state index contributed by atoms with van der Waals surface area (Å²) in [6.45, 7) is 0.437. The number of anilines is 1. The molecule has 0 bridgehead atoms. The number of nitrogens with zero attached hydrogens (tertiary/aromatic N) is 3. The minimum absolute atomic E-state index is 0.00836. The van der Waals surface area contributed by atoms with Gasteiger partial charge >= 0.3 is 6.09 Å². The highest BCUT2D eigenvalue weighted by Crippen LogP contribution is 2.17. The fourth-order valence-electron chi connectivity index (χ4n) is 2.41. The maximum atomic E-state index is 12.4. The van der Waals surface area contributed by atoms with Gasteiger partial charge in [-0.1, -0.05) is 6.07 Å². The van der Waals surface area contributed by atoms with Gasteiger partial charge in [0.1, 0.15) is 0 Å². The van der Waals surface area contributed by atoms with E-state index in [1.54, 1.807) is 35.1 Å². The number of nitrogens with one attached hydrogen (secondary N) is 2. The normalized spacial score (nSPS) is 11.9. The van der Waals surface area contributed by atoms with Crippen molar-refractivity contribution in [2.24, 2.45) is 7.05 Å². The Kier molecular flexibility index (Phi) is 6.13. The molecule has 134 valence electrons. The second-order valence-electron chi connectivity index (χ2n) is 5.83. The number of aryl methyl sites for hydroxylation is 1. The van der Waals surface area contributed by atoms with E-state index in [1.165, 1.54) is 7.11 Å². The summed E-state index contributed by atoms with van der Waals surface area (Å²) in [6, 6.07) is 6.68. The Balaban J connectivity index is 2.03. The number of aromatic nitrogens is 2. The zero-order valence-electron chi connectivity index (χ0n) is 14.8. The first-order valence-electron chi connectivity index (χ1n) is 7.79. The van der Waals surface area contributed by atoms with Crippen LogP contribution < -0.4 is 10.6 Å². The average Bonchev–Trinajstić information content (AvgIpc) is 3.00. The van der Waals surface area contributed by atoms with Crippen molar-refractivity contribution in [2.45, 2.75) is 6.04 Å². The first-order valence-corrected chi connectivity index (χ1v) is 7.79. The number of amides is 2. The Morgan fingerprint density at radius 2 is 2.12 bits per heavy atom. The summed E-state index contributed by atoms with van der Waals surface area (Å²) in [5, 5.41) is 9.64. The topological polar surface area (TPSA) is 88.5 Å². The summed E-state index contributed by atoms with van der Waals surface area (Å²) in [4.78, 5) is 25.7. The van der Waals surface area contributed by atoms with Gasteiger partial charge in [0.2, 0.25) is 0 Å². The minimum atomic E-state index is -0.582. The number of hydrogen-bond donors (Lipinski definition) is 2. The number of rotatable bonds is 6. The van der Waals surface area contributed by atoms with Crippen LogP contribution in [-0.2, 0) is 11.8 Å². The van der Waals surface area contributed by atoms with Crippen LogP contribution >= 0.6 is 0 Å². The number of benzene rings is 1. The van der Waals surface area contributed by atoms with Gasteiger partial charge in [-0.05, 0) is 32.3 Å². The van der Waals surface area contributed by atoms with Crippen LogP contribution in [0.2, 0.25) is 0 Å². The first-order chi connectivity index (χ1) is 11.9. The van der Waals surface area contributed by atoms with Crippen molar-refractivity contribution in [1.82, 2.24) is 20.0 Å². The Labute approximate surface area is 146 Å². The number of ether oxygens (including phenoxy) is 1. The first kappa shape index (κ1) is 18.5. The Bertz CT molecular complexity index is 741. The molecule has 1 aromatic carbocycles. The third-order valence-electron chi connectivity index (χ3n) is 3.75. The van der Waals surface area contributed by atoms with Gasteiger partial charge in [-0.3, -0.25) is 14.8 Å². The van der Waals surface area contributed by atoms with E-state index >= 15 is 0 Å². The van der Waals surface area contributed by atoms with Crippen molar-refractivity contribution < 1.29 is 14.3 Å². The molecule has 25 heavy (non-hydrogen) atoms. The van der Waals surface area contributed by atoms with Crippen molar-refractivity contribution in [1.29, 1.82) is 0 Å². The maximum Gasteiger partial charge on any atom is 0.411 e. The highest BCUT2D eigenvalue weighted by Gasteiger charge is 2.17. The molecule has 0 unspecified atom stereocenters. The molecule has 8 heteroatoms. The molecule has 0 saturated carbocycles. The van der Waals surface area contributed by atoms with Crippen LogP contribution in [0.3, 0.4) is 0 Å². The van der Waals surface area contributed by atoms with Crippen LogP contribution in [-0.4, -0.2) is 54.4 Å². The van der Waals surface area contributed by atoms with Gasteiger partial charge < -0.3 is 15.0 Å². The molecule has 2 aromatic rings. The Morgan fingerprint density at radius 3 is 2.72 bits per heavy atom. The predicted octanol–water partition coefficient (Wildman–Crippen LogP) is 1.63. The summed E-state index contributed by atoms with van der Waals surface area (Å²) in [6.07, 6.45) is 3.14. The van der Waals surface area contributed by atoms with Crippen LogP contribution in [0.1, 0.15) is 22.0 Å². The molecule has 0 aliphatic rings. The van der Waals surface area contributed by atoms with Gasteiger partial charge in [-0.2, -0.15) is 5.10 Å². The van der Waals surface area contributed by atoms with Gasteiger partial charge in [0, 0.05) is 36.6 Å². The van der Waals surface area contributed by atoms with E-state index in [1.807, 2.05) is 32.2 Å². The van der Waals surface area contributed by atoms with E-state index in [4.69, 9.17) is 0 Å². The molecule has 0 aliphatic heterocycles. The quantitative estimate of drug-likeness (QED) is 0.831. The van der Waals surface area contributed by atoms with Crippen molar-refractivity contribution in [2.75, 3.05) is 33.1 Å². The molecule has 2 rings (SSSR count). The molecule has 0 fully saturated rings. The zero-order chi connectivity index (χ0) is 18.4. The van der Waals surface area contributed by atoms with E-state index in [2.05, 4.69) is 20.5 Å². The molecular formula is C17H23N5O3. The molecular weight excluding hydrogens is 322 g/mol. The second-order valence-corrected chi connectivity index (χ2v) is 5.83. The summed E-state index contributed by atoms with van der Waals surface area (Å²) in [5.41, 5.74) is 1.97. The van der Waals surface area contributed by atoms with E-state index in [-0.39, 0.29) is 11.9 Å². The molecule has 0 aliphatic carbocycles. The van der Waals surface area contributed by atoms with Crippen molar-refractivity contribution in [3.63, 3.8) is 0 Å². The molecule has 2 amide bonds. The SMILES string of the molecule is COC(=O)Nc1cccc(C(=O)NC[C@@H](c2cnn(C)c2)N(C)C)c1. The average molecular weight is 345 g/mol. The third-order valence-corrected chi connectivity index (χ3v) is 3.75. The fourth-order valence-corrected chi connectivity index (χ4v) is 2.41. The summed E-state index contributed by atoms with van der Waals surface area (Å²) in [5.74, 6) is -0.218. The van der Waals surface area contributed by atoms with E-state index < -0.39 is 6.09 Å². The van der Waals surface area contributed by atoms with Crippen LogP contribution in [0.15, 0.2) is 36.7 Å². The Hall–Kier alpha value is -2.87. The molecule has 1 heterocycles. The van der Waals surface area contributed by atoms with E-state index in [0.717, 1.165) is 5.56 Å². The minimum Gasteiger partial charge on any atom is -0.453 e. The smallest absolute Gasteiger partial charge is 0.411 e. The van der Waals surface area contributed by atoms with Crippen LogP contribution in [0.25, 0.3) is 0 Å². The van der Waals surface area contributed by atoms with Gasteiger partial charge in [0.25, 0.3) is 5.91 Å². The lowest BCUT2D eigenvalue weighted by Gasteiger charge is -2.23. The fraction of sp³-hybridized carbons (Fsp3) is 0.353.